The van der Waals surface area contributed by atoms with Crippen LogP contribution in [0.3, 0.4) is 0 Å². The summed E-state index contributed by atoms with van der Waals surface area (Å²) >= 11 is 1.44. The molecule has 1 aromatic rings. The zero-order valence-electron chi connectivity index (χ0n) is 11.9. The highest BCUT2D eigenvalue weighted by atomic mass is 32.2. The van der Waals surface area contributed by atoms with Crippen LogP contribution in [0, 0.1) is 12.8 Å². The third kappa shape index (κ3) is 4.00. The molecule has 1 aliphatic heterocycles. The Kier molecular flexibility index (Phi) is 4.97. The zero-order chi connectivity index (χ0) is 15.6. The summed E-state index contributed by atoms with van der Waals surface area (Å²) in [7, 11) is -3.70. The molecule has 0 amide bonds. The maximum absolute atomic E-state index is 12.3. The Labute approximate surface area is 128 Å². The van der Waals surface area contributed by atoms with Crippen molar-refractivity contribution < 1.29 is 18.3 Å². The van der Waals surface area contributed by atoms with Gasteiger partial charge in [-0.25, -0.2) is 4.98 Å². The lowest BCUT2D eigenvalue weighted by atomic mass is 10.0. The van der Waals surface area contributed by atoms with Gasteiger partial charge >= 0.3 is 5.97 Å². The number of nitrogens with zero attached hydrogens (tertiary/aromatic N) is 2. The summed E-state index contributed by atoms with van der Waals surface area (Å²) in [4.78, 5) is 16.2. The molecule has 2 heterocycles. The van der Waals surface area contributed by atoms with E-state index in [2.05, 4.69) is 9.71 Å². The van der Waals surface area contributed by atoms with Gasteiger partial charge in [0.25, 0.3) is 10.2 Å². The molecule has 0 aliphatic carbocycles. The van der Waals surface area contributed by atoms with Crippen molar-refractivity contribution in [3.8, 4) is 0 Å². The Morgan fingerprint density at radius 2 is 2.33 bits per heavy atom. The number of piperidine rings is 1. The fourth-order valence-electron chi connectivity index (χ4n) is 2.28. The fourth-order valence-corrected chi connectivity index (χ4v) is 4.59. The molecule has 1 aliphatic rings. The molecule has 2 rings (SSSR count). The number of thiazole rings is 1. The lowest BCUT2D eigenvalue weighted by Gasteiger charge is -2.30. The molecule has 0 bridgehead atoms. The lowest BCUT2D eigenvalue weighted by Crippen LogP contribution is -2.47. The highest BCUT2D eigenvalue weighted by Gasteiger charge is 2.33. The molecule has 2 N–H and O–H groups in total. The number of aryl methyl sites for hydroxylation is 1. The van der Waals surface area contributed by atoms with E-state index in [1.165, 1.54) is 15.6 Å². The first-order valence-electron chi connectivity index (χ1n) is 6.72. The molecule has 7 nitrogen and oxygen atoms in total. The van der Waals surface area contributed by atoms with Crippen LogP contribution < -0.4 is 4.72 Å². The lowest BCUT2D eigenvalue weighted by molar-refractivity contribution is -0.142. The smallest absolute Gasteiger partial charge is 0.307 e. The SMILES string of the molecule is Cc1cnc(C(C)NS(=O)(=O)N2CCCC(C(=O)O)C2)s1. The van der Waals surface area contributed by atoms with Gasteiger partial charge in [-0.15, -0.1) is 11.3 Å². The van der Waals surface area contributed by atoms with E-state index in [0.717, 1.165) is 4.88 Å². The van der Waals surface area contributed by atoms with Gasteiger partial charge in [-0.3, -0.25) is 4.79 Å². The molecule has 0 aromatic carbocycles. The van der Waals surface area contributed by atoms with Gasteiger partial charge in [0.2, 0.25) is 0 Å². The predicted molar refractivity (Wildman–Crippen MR) is 79.3 cm³/mol. The molecule has 9 heteroatoms. The largest absolute Gasteiger partial charge is 0.481 e. The topological polar surface area (TPSA) is 99.6 Å². The van der Waals surface area contributed by atoms with Crippen LogP contribution in [0.25, 0.3) is 0 Å². The summed E-state index contributed by atoms with van der Waals surface area (Å²) in [5.74, 6) is -1.58. The van der Waals surface area contributed by atoms with Crippen LogP contribution >= 0.6 is 11.3 Å². The van der Waals surface area contributed by atoms with Gasteiger partial charge < -0.3 is 5.11 Å². The second kappa shape index (κ2) is 6.39. The number of aromatic nitrogens is 1. The Balaban J connectivity index is 2.05. The number of carboxylic acid groups (broad SMARTS) is 1. The number of carbonyl (C=O) groups is 1. The van der Waals surface area contributed by atoms with E-state index >= 15 is 0 Å². The van der Waals surface area contributed by atoms with E-state index < -0.39 is 28.1 Å². The molecular weight excluding hydrogens is 314 g/mol. The summed E-state index contributed by atoms with van der Waals surface area (Å²) < 4.78 is 28.5. The number of hydrogen-bond donors (Lipinski definition) is 2. The number of carboxylic acids is 1. The third-order valence-electron chi connectivity index (χ3n) is 3.41. The van der Waals surface area contributed by atoms with Crippen LogP contribution in [-0.2, 0) is 15.0 Å². The number of rotatable bonds is 5. The van der Waals surface area contributed by atoms with Gasteiger partial charge in [0.05, 0.1) is 12.0 Å². The molecule has 0 spiro atoms. The minimum absolute atomic E-state index is 0.0221. The molecule has 2 unspecified atom stereocenters. The van der Waals surface area contributed by atoms with E-state index in [0.29, 0.717) is 24.4 Å². The summed E-state index contributed by atoms with van der Waals surface area (Å²) in [6, 6.07) is -0.432. The van der Waals surface area contributed by atoms with E-state index in [1.54, 1.807) is 13.1 Å². The van der Waals surface area contributed by atoms with Crippen LogP contribution in [0.4, 0.5) is 0 Å². The van der Waals surface area contributed by atoms with E-state index in [-0.39, 0.29) is 6.54 Å². The highest BCUT2D eigenvalue weighted by Crippen LogP contribution is 2.23. The molecule has 0 saturated carbocycles. The average Bonchev–Trinajstić information content (AvgIpc) is 2.85. The van der Waals surface area contributed by atoms with Crippen molar-refractivity contribution in [3.05, 3.63) is 16.1 Å². The van der Waals surface area contributed by atoms with Crippen molar-refractivity contribution in [2.24, 2.45) is 5.92 Å². The molecular formula is C12H19N3O4S2. The minimum Gasteiger partial charge on any atom is -0.481 e. The molecule has 21 heavy (non-hydrogen) atoms. The number of nitrogens with one attached hydrogen (secondary N) is 1. The van der Waals surface area contributed by atoms with Gasteiger partial charge in [0.15, 0.2) is 0 Å². The summed E-state index contributed by atoms with van der Waals surface area (Å²) in [5.41, 5.74) is 0. The molecule has 2 atom stereocenters. The molecule has 0 radical (unpaired) electrons. The van der Waals surface area contributed by atoms with Gasteiger partial charge in [0.1, 0.15) is 5.01 Å². The first kappa shape index (κ1) is 16.3. The van der Waals surface area contributed by atoms with E-state index in [4.69, 9.17) is 5.11 Å². The van der Waals surface area contributed by atoms with E-state index in [1.807, 2.05) is 6.92 Å². The summed E-state index contributed by atoms with van der Waals surface area (Å²) in [6.45, 7) is 4.01. The Morgan fingerprint density at radius 1 is 1.62 bits per heavy atom. The van der Waals surface area contributed by atoms with Crippen LogP contribution in [0.1, 0.15) is 35.7 Å². The molecule has 1 aromatic heterocycles. The second-order valence-corrected chi connectivity index (χ2v) is 8.16. The van der Waals surface area contributed by atoms with Gasteiger partial charge in [-0.2, -0.15) is 17.4 Å². The van der Waals surface area contributed by atoms with Gasteiger partial charge in [0, 0.05) is 24.2 Å². The normalized spacial score (nSPS) is 22.1. The first-order chi connectivity index (χ1) is 9.79. The van der Waals surface area contributed by atoms with Crippen molar-refractivity contribution in [1.29, 1.82) is 0 Å². The Hall–Kier alpha value is -1.03. The predicted octanol–water partition coefficient (Wildman–Crippen LogP) is 1.14. The third-order valence-corrected chi connectivity index (χ3v) is 6.17. The first-order valence-corrected chi connectivity index (χ1v) is 8.98. The quantitative estimate of drug-likeness (QED) is 0.842. The van der Waals surface area contributed by atoms with Gasteiger partial charge in [-0.1, -0.05) is 0 Å². The van der Waals surface area contributed by atoms with Crippen LogP contribution in [0.5, 0.6) is 0 Å². The van der Waals surface area contributed by atoms with Crippen molar-refractivity contribution in [2.75, 3.05) is 13.1 Å². The van der Waals surface area contributed by atoms with Crippen LogP contribution in [0.15, 0.2) is 6.20 Å². The molecule has 1 saturated heterocycles. The number of hydrogen-bond acceptors (Lipinski definition) is 5. The van der Waals surface area contributed by atoms with Gasteiger partial charge in [-0.05, 0) is 26.7 Å². The van der Waals surface area contributed by atoms with Crippen molar-refractivity contribution in [2.45, 2.75) is 32.7 Å². The van der Waals surface area contributed by atoms with Crippen molar-refractivity contribution >= 4 is 27.5 Å². The molecule has 118 valence electrons. The highest BCUT2D eigenvalue weighted by molar-refractivity contribution is 7.87. The van der Waals surface area contributed by atoms with Crippen LogP contribution in [0.2, 0.25) is 0 Å². The van der Waals surface area contributed by atoms with Crippen molar-refractivity contribution in [1.82, 2.24) is 14.0 Å². The molecule has 1 fully saturated rings. The average molecular weight is 333 g/mol. The van der Waals surface area contributed by atoms with Crippen molar-refractivity contribution in [3.63, 3.8) is 0 Å². The summed E-state index contributed by atoms with van der Waals surface area (Å²) in [6.07, 6.45) is 2.78. The fraction of sp³-hybridized carbons (Fsp3) is 0.667. The van der Waals surface area contributed by atoms with E-state index in [9.17, 15) is 13.2 Å². The number of aliphatic carboxylic acids is 1. The zero-order valence-corrected chi connectivity index (χ0v) is 13.6. The maximum Gasteiger partial charge on any atom is 0.307 e. The Morgan fingerprint density at radius 3 is 2.90 bits per heavy atom. The monoisotopic (exact) mass is 333 g/mol. The summed E-state index contributed by atoms with van der Waals surface area (Å²) in [5, 5.41) is 9.73. The minimum atomic E-state index is -3.70. The second-order valence-electron chi connectivity index (χ2n) is 5.19. The van der Waals surface area contributed by atoms with Crippen LogP contribution in [-0.4, -0.2) is 41.9 Å². The Bertz CT molecular complexity index is 614. The maximum atomic E-state index is 12.3. The standard InChI is InChI=1S/C12H19N3O4S2/c1-8-6-13-11(20-8)9(2)14-21(18,19)15-5-3-4-10(7-15)12(16)17/h6,9-10,14H,3-5,7H2,1-2H3,(H,16,17).